The van der Waals surface area contributed by atoms with Gasteiger partial charge >= 0.3 is 0 Å². The number of nitrogens with zero attached hydrogens (tertiary/aromatic N) is 7. The van der Waals surface area contributed by atoms with Crippen LogP contribution in [0.15, 0.2) is 47.7 Å². The van der Waals surface area contributed by atoms with E-state index >= 15 is 0 Å². The van der Waals surface area contributed by atoms with Crippen molar-refractivity contribution in [3.8, 4) is 0 Å². The number of aryl methyl sites for hydroxylation is 1. The van der Waals surface area contributed by atoms with Crippen molar-refractivity contribution in [1.82, 2.24) is 29.2 Å². The quantitative estimate of drug-likeness (QED) is 0.424. The maximum absolute atomic E-state index is 12.8. The molecule has 1 aliphatic heterocycles. The van der Waals surface area contributed by atoms with Crippen LogP contribution in [-0.2, 0) is 18.3 Å². The van der Waals surface area contributed by atoms with Crippen LogP contribution >= 0.6 is 0 Å². The monoisotopic (exact) mass is 475 g/mol. The molecule has 35 heavy (non-hydrogen) atoms. The van der Waals surface area contributed by atoms with Gasteiger partial charge in [0.15, 0.2) is 0 Å². The molecule has 0 radical (unpaired) electrons. The first-order valence-corrected chi connectivity index (χ1v) is 12.2. The number of hydrogen-bond donors (Lipinski definition) is 0. The van der Waals surface area contributed by atoms with Crippen molar-refractivity contribution in [2.75, 3.05) is 31.7 Å². The van der Waals surface area contributed by atoms with Crippen molar-refractivity contribution in [2.45, 2.75) is 45.4 Å². The van der Waals surface area contributed by atoms with Crippen LogP contribution in [0.25, 0.3) is 22.1 Å². The van der Waals surface area contributed by atoms with Crippen molar-refractivity contribution in [2.24, 2.45) is 7.05 Å². The van der Waals surface area contributed by atoms with E-state index < -0.39 is 0 Å². The second-order valence-corrected chi connectivity index (χ2v) is 9.57. The highest BCUT2D eigenvalue weighted by Gasteiger charge is 2.34. The number of piperazine rings is 1. The smallest absolute Gasteiger partial charge is 0.252 e. The van der Waals surface area contributed by atoms with Crippen molar-refractivity contribution >= 4 is 27.8 Å². The van der Waals surface area contributed by atoms with E-state index in [1.54, 1.807) is 37.2 Å². The second-order valence-electron chi connectivity index (χ2n) is 9.57. The largest absolute Gasteiger partial charge is 0.383 e. The lowest BCUT2D eigenvalue weighted by atomic mass is 10.00. The Bertz CT molecular complexity index is 1410. The molecule has 0 aliphatic carbocycles. The van der Waals surface area contributed by atoms with Gasteiger partial charge in [-0.25, -0.2) is 0 Å². The molecule has 1 unspecified atom stereocenters. The minimum Gasteiger partial charge on any atom is -0.383 e. The normalized spacial score (nSPS) is 20.1. The van der Waals surface area contributed by atoms with Crippen molar-refractivity contribution in [3.63, 3.8) is 0 Å². The Hall–Kier alpha value is -3.30. The highest BCUT2D eigenvalue weighted by atomic mass is 16.5. The van der Waals surface area contributed by atoms with Crippen LogP contribution in [0.5, 0.6) is 0 Å². The van der Waals surface area contributed by atoms with Crippen molar-refractivity contribution in [3.05, 3.63) is 58.8 Å². The van der Waals surface area contributed by atoms with Gasteiger partial charge in [-0.3, -0.25) is 24.3 Å². The molecular weight excluding hydrogens is 442 g/mol. The lowest BCUT2D eigenvalue weighted by Crippen LogP contribution is -2.57. The van der Waals surface area contributed by atoms with Gasteiger partial charge in [-0.05, 0) is 38.5 Å². The van der Waals surface area contributed by atoms with Gasteiger partial charge in [0, 0.05) is 70.0 Å². The molecule has 3 atom stereocenters. The summed E-state index contributed by atoms with van der Waals surface area (Å²) in [6.07, 6.45) is 5.40. The summed E-state index contributed by atoms with van der Waals surface area (Å²) in [5.41, 5.74) is 5.66. The molecule has 0 N–H and O–H groups in total. The maximum Gasteiger partial charge on any atom is 0.252 e. The van der Waals surface area contributed by atoms with Crippen LogP contribution in [0.1, 0.15) is 32.4 Å². The molecule has 4 aromatic rings. The summed E-state index contributed by atoms with van der Waals surface area (Å²) in [4.78, 5) is 26.6. The zero-order valence-corrected chi connectivity index (χ0v) is 21.0. The first-order valence-electron chi connectivity index (χ1n) is 12.2. The minimum absolute atomic E-state index is 0.0216. The first kappa shape index (κ1) is 23.4. The predicted molar refractivity (Wildman–Crippen MR) is 138 cm³/mol. The van der Waals surface area contributed by atoms with E-state index in [1.807, 2.05) is 10.9 Å². The Morgan fingerprint density at radius 2 is 1.86 bits per heavy atom. The number of ether oxygens (including phenoxy) is 1. The van der Waals surface area contributed by atoms with Crippen molar-refractivity contribution < 1.29 is 4.74 Å². The number of rotatable bonds is 6. The molecule has 3 aromatic heterocycles. The SMILES string of the molecule is COCCn1cc2c(n1)c(N1C[C@@H](C)N(C(C)c3ccc4nccnc4c3)C[C@@H]1C)cc(=O)n2C. The summed E-state index contributed by atoms with van der Waals surface area (Å²) in [6.45, 7) is 9.64. The van der Waals surface area contributed by atoms with E-state index in [4.69, 9.17) is 9.84 Å². The highest BCUT2D eigenvalue weighted by molar-refractivity contribution is 5.88. The zero-order valence-electron chi connectivity index (χ0n) is 21.0. The Morgan fingerprint density at radius 1 is 1.09 bits per heavy atom. The Morgan fingerprint density at radius 3 is 2.63 bits per heavy atom. The number of benzene rings is 1. The summed E-state index contributed by atoms with van der Waals surface area (Å²) < 4.78 is 8.75. The third kappa shape index (κ3) is 4.30. The Kier molecular flexibility index (Phi) is 6.29. The summed E-state index contributed by atoms with van der Waals surface area (Å²) in [6, 6.07) is 8.82. The molecule has 0 spiro atoms. The van der Waals surface area contributed by atoms with E-state index in [0.29, 0.717) is 13.2 Å². The molecule has 9 nitrogen and oxygen atoms in total. The Balaban J connectivity index is 1.43. The van der Waals surface area contributed by atoms with E-state index in [9.17, 15) is 4.79 Å². The minimum atomic E-state index is -0.0216. The summed E-state index contributed by atoms with van der Waals surface area (Å²) in [5.74, 6) is 0. The molecule has 5 rings (SSSR count). The van der Waals surface area contributed by atoms with Gasteiger partial charge in [0.05, 0.1) is 35.4 Å². The molecule has 0 bridgehead atoms. The fourth-order valence-electron chi connectivity index (χ4n) is 5.22. The second kappa shape index (κ2) is 9.39. The average Bonchev–Trinajstić information content (AvgIpc) is 3.30. The predicted octanol–water partition coefficient (Wildman–Crippen LogP) is 2.98. The van der Waals surface area contributed by atoms with Crippen LogP contribution in [0, 0.1) is 0 Å². The van der Waals surface area contributed by atoms with Crippen LogP contribution in [0.2, 0.25) is 0 Å². The topological polar surface area (TPSA) is 81.3 Å². The number of fused-ring (bicyclic) bond motifs is 2. The van der Waals surface area contributed by atoms with Gasteiger partial charge in [0.1, 0.15) is 5.52 Å². The molecule has 1 saturated heterocycles. The van der Waals surface area contributed by atoms with Gasteiger partial charge in [0.2, 0.25) is 0 Å². The number of anilines is 1. The molecular formula is C26H33N7O2. The van der Waals surface area contributed by atoms with Gasteiger partial charge in [0.25, 0.3) is 5.56 Å². The third-order valence-corrected chi connectivity index (χ3v) is 7.28. The average molecular weight is 476 g/mol. The fraction of sp³-hybridized carbons (Fsp3) is 0.462. The molecule has 1 aromatic carbocycles. The van der Waals surface area contributed by atoms with Gasteiger partial charge < -0.3 is 14.2 Å². The zero-order chi connectivity index (χ0) is 24.7. The molecule has 0 saturated carbocycles. The summed E-state index contributed by atoms with van der Waals surface area (Å²) in [7, 11) is 3.48. The highest BCUT2D eigenvalue weighted by Crippen LogP contribution is 2.33. The van der Waals surface area contributed by atoms with E-state index in [2.05, 4.69) is 58.7 Å². The van der Waals surface area contributed by atoms with Crippen molar-refractivity contribution in [1.29, 1.82) is 0 Å². The van der Waals surface area contributed by atoms with Gasteiger partial charge in [-0.2, -0.15) is 5.10 Å². The lowest BCUT2D eigenvalue weighted by molar-refractivity contribution is 0.119. The number of aromatic nitrogens is 5. The molecule has 9 heteroatoms. The third-order valence-electron chi connectivity index (χ3n) is 7.28. The number of pyridine rings is 1. The molecule has 1 fully saturated rings. The van der Waals surface area contributed by atoms with E-state index in [1.165, 1.54) is 5.56 Å². The standard InChI is InChI=1S/C26H33N7O2/c1-17-15-33(23-13-25(34)30(4)24-16-31(10-11-35-5)29-26(23)24)18(2)14-32(17)19(3)20-6-7-21-22(12-20)28-9-8-27-21/h6-9,12-13,16-19H,10-11,14-15H2,1-5H3/t17-,18+,19?/m1/s1. The summed E-state index contributed by atoms with van der Waals surface area (Å²) >= 11 is 0. The van der Waals surface area contributed by atoms with E-state index in [-0.39, 0.29) is 23.7 Å². The van der Waals surface area contributed by atoms with Crippen LogP contribution < -0.4 is 10.5 Å². The maximum atomic E-state index is 12.8. The molecule has 4 heterocycles. The van der Waals surface area contributed by atoms with Gasteiger partial charge in [-0.1, -0.05) is 6.07 Å². The van der Waals surface area contributed by atoms with E-state index in [0.717, 1.165) is 40.8 Å². The molecule has 1 aliphatic rings. The van der Waals surface area contributed by atoms with Crippen LogP contribution in [-0.4, -0.2) is 68.1 Å². The lowest BCUT2D eigenvalue weighted by Gasteiger charge is -2.47. The fourth-order valence-corrected chi connectivity index (χ4v) is 5.22. The number of hydrogen-bond acceptors (Lipinski definition) is 7. The van der Waals surface area contributed by atoms with Crippen LogP contribution in [0.4, 0.5) is 5.69 Å². The first-order chi connectivity index (χ1) is 16.9. The summed E-state index contributed by atoms with van der Waals surface area (Å²) in [5, 5.41) is 4.83. The molecule has 184 valence electrons. The number of methoxy groups -OCH3 is 1. The Labute approximate surface area is 204 Å². The molecule has 0 amide bonds. The van der Waals surface area contributed by atoms with Gasteiger partial charge in [-0.15, -0.1) is 0 Å². The van der Waals surface area contributed by atoms with Crippen LogP contribution in [0.3, 0.4) is 0 Å².